The molecule has 2 aromatic carbocycles. The van der Waals surface area contributed by atoms with Crippen molar-refractivity contribution in [3.8, 4) is 5.75 Å². The first-order valence-corrected chi connectivity index (χ1v) is 16.0. The third kappa shape index (κ3) is 5.98. The molecule has 0 bridgehead atoms. The molecular weight excluding hydrogens is 509 g/mol. The molecule has 0 spiro atoms. The number of benzene rings is 2. The average molecular weight is 544 g/mol. The van der Waals surface area contributed by atoms with Crippen molar-refractivity contribution in [3.63, 3.8) is 0 Å². The molecule has 0 amide bonds. The Morgan fingerprint density at radius 3 is 2.46 bits per heavy atom. The summed E-state index contributed by atoms with van der Waals surface area (Å²) >= 11 is 0. The summed E-state index contributed by atoms with van der Waals surface area (Å²) in [5, 5.41) is 14.9. The summed E-state index contributed by atoms with van der Waals surface area (Å²) in [6.45, 7) is 8.09. The molecule has 2 heterocycles. The van der Waals surface area contributed by atoms with Gasteiger partial charge in [0.05, 0.1) is 40.5 Å². The highest BCUT2D eigenvalue weighted by molar-refractivity contribution is 7.92. The van der Waals surface area contributed by atoms with Crippen LogP contribution >= 0.6 is 7.14 Å². The van der Waals surface area contributed by atoms with E-state index in [1.165, 1.54) is 6.20 Å². The second kappa shape index (κ2) is 11.2. The first-order chi connectivity index (χ1) is 17.7. The van der Waals surface area contributed by atoms with Gasteiger partial charge in [0.15, 0.2) is 15.7 Å². The summed E-state index contributed by atoms with van der Waals surface area (Å²) in [4.78, 5) is 2.55. The van der Waals surface area contributed by atoms with Crippen molar-refractivity contribution in [3.05, 3.63) is 54.7 Å². The topological polar surface area (TPSA) is 114 Å². The summed E-state index contributed by atoms with van der Waals surface area (Å²) in [6.07, 6.45) is 2.87. The molecule has 37 heavy (non-hydrogen) atoms. The number of ether oxygens (including phenoxy) is 1. The number of methoxy groups -OCH3 is 1. The van der Waals surface area contributed by atoms with E-state index < -0.39 is 22.2 Å². The molecule has 4 rings (SSSR count). The smallest absolute Gasteiger partial charge is 0.182 e. The lowest BCUT2D eigenvalue weighted by molar-refractivity contribution is 0.312. The number of aromatic nitrogens is 2. The Labute approximate surface area is 218 Å². The molecule has 1 fully saturated rings. The van der Waals surface area contributed by atoms with Gasteiger partial charge in [-0.2, -0.15) is 5.10 Å². The van der Waals surface area contributed by atoms with Crippen LogP contribution < -0.4 is 20.7 Å². The number of sulfone groups is 1. The van der Waals surface area contributed by atoms with Crippen LogP contribution in [0.4, 0.5) is 22.9 Å². The van der Waals surface area contributed by atoms with E-state index in [2.05, 4.69) is 32.7 Å². The monoisotopic (exact) mass is 543 g/mol. The van der Waals surface area contributed by atoms with Crippen LogP contribution in [0.1, 0.15) is 20.8 Å². The molecule has 1 aromatic heterocycles. The van der Waals surface area contributed by atoms with Gasteiger partial charge < -0.3 is 24.8 Å². The van der Waals surface area contributed by atoms with Crippen molar-refractivity contribution in [2.24, 2.45) is 0 Å². The van der Waals surface area contributed by atoms with Crippen LogP contribution in [-0.4, -0.2) is 67.8 Å². The number of anilines is 4. The molecule has 9 nitrogen and oxygen atoms in total. The number of rotatable bonds is 9. The van der Waals surface area contributed by atoms with E-state index >= 15 is 0 Å². The fourth-order valence-corrected chi connectivity index (χ4v) is 8.15. The predicted octanol–water partition coefficient (Wildman–Crippen LogP) is 4.48. The van der Waals surface area contributed by atoms with Crippen molar-refractivity contribution in [2.75, 3.05) is 49.7 Å². The van der Waals surface area contributed by atoms with Gasteiger partial charge in [-0.1, -0.05) is 19.1 Å². The number of nitrogens with one attached hydrogen (secondary N) is 2. The summed E-state index contributed by atoms with van der Waals surface area (Å²) in [6, 6.07) is 14.1. The second-order valence-corrected chi connectivity index (χ2v) is 15.0. The van der Waals surface area contributed by atoms with Gasteiger partial charge in [0.2, 0.25) is 0 Å². The zero-order chi connectivity index (χ0) is 26.6. The highest BCUT2D eigenvalue weighted by Crippen LogP contribution is 2.47. The third-order valence-electron chi connectivity index (χ3n) is 6.67. The van der Waals surface area contributed by atoms with E-state index in [1.807, 2.05) is 18.2 Å². The van der Waals surface area contributed by atoms with Crippen LogP contribution in [0, 0.1) is 0 Å². The zero-order valence-corrected chi connectivity index (χ0v) is 23.4. The fraction of sp³-hybridized carbons (Fsp3) is 0.385. The third-order valence-corrected chi connectivity index (χ3v) is 11.9. The maximum Gasteiger partial charge on any atom is 0.182 e. The summed E-state index contributed by atoms with van der Waals surface area (Å²) in [5.41, 5.74) is 1.71. The van der Waals surface area contributed by atoms with Crippen LogP contribution in [0.5, 0.6) is 5.75 Å². The molecule has 2 N–H and O–H groups in total. The Balaban J connectivity index is 1.55. The molecular formula is C26H34N5O4PS. The van der Waals surface area contributed by atoms with Crippen LogP contribution in [0.15, 0.2) is 59.6 Å². The van der Waals surface area contributed by atoms with E-state index in [1.54, 1.807) is 51.3 Å². The maximum atomic E-state index is 13.6. The SMILES string of the molecule is CCN1CCP(=O)(c2ccc(Nc3cc(Nc4ccccc4S(=O)(=O)C(C)C)cnn3)c(OC)c2)CC1. The summed E-state index contributed by atoms with van der Waals surface area (Å²) in [7, 11) is -4.36. The lowest BCUT2D eigenvalue weighted by atomic mass is 10.3. The Bertz CT molecular complexity index is 1400. The van der Waals surface area contributed by atoms with E-state index in [-0.39, 0.29) is 4.90 Å². The molecule has 1 aliphatic heterocycles. The molecule has 3 aromatic rings. The lowest BCUT2D eigenvalue weighted by Crippen LogP contribution is -2.36. The van der Waals surface area contributed by atoms with Crippen molar-refractivity contribution in [1.82, 2.24) is 15.1 Å². The summed E-state index contributed by atoms with van der Waals surface area (Å²) < 4.78 is 44.8. The molecule has 0 unspecified atom stereocenters. The number of nitrogens with zero attached hydrogens (tertiary/aromatic N) is 3. The van der Waals surface area contributed by atoms with Crippen molar-refractivity contribution in [1.29, 1.82) is 0 Å². The Kier molecular flexibility index (Phi) is 8.21. The van der Waals surface area contributed by atoms with Gasteiger partial charge in [-0.15, -0.1) is 5.10 Å². The molecule has 11 heteroatoms. The van der Waals surface area contributed by atoms with Gasteiger partial charge in [-0.3, -0.25) is 0 Å². The quantitative estimate of drug-likeness (QED) is 0.377. The van der Waals surface area contributed by atoms with E-state index in [0.717, 1.165) is 24.9 Å². The van der Waals surface area contributed by atoms with Crippen LogP contribution in [0.3, 0.4) is 0 Å². The van der Waals surface area contributed by atoms with Crippen molar-refractivity contribution >= 4 is 45.2 Å². The van der Waals surface area contributed by atoms with Crippen molar-refractivity contribution < 1.29 is 17.7 Å². The highest BCUT2D eigenvalue weighted by atomic mass is 32.2. The van der Waals surface area contributed by atoms with Crippen molar-refractivity contribution in [2.45, 2.75) is 30.9 Å². The summed E-state index contributed by atoms with van der Waals surface area (Å²) in [5.74, 6) is 1.02. The van der Waals surface area contributed by atoms with E-state index in [9.17, 15) is 13.0 Å². The molecule has 1 saturated heterocycles. The molecule has 0 atom stereocenters. The van der Waals surface area contributed by atoms with Gasteiger partial charge in [0.25, 0.3) is 0 Å². The van der Waals surface area contributed by atoms with Gasteiger partial charge in [0, 0.05) is 36.8 Å². The van der Waals surface area contributed by atoms with Gasteiger partial charge >= 0.3 is 0 Å². The first-order valence-electron chi connectivity index (χ1n) is 12.3. The van der Waals surface area contributed by atoms with Crippen LogP contribution in [0.2, 0.25) is 0 Å². The number of para-hydroxylation sites is 1. The average Bonchev–Trinajstić information content (AvgIpc) is 2.89. The Morgan fingerprint density at radius 2 is 1.78 bits per heavy atom. The van der Waals surface area contributed by atoms with E-state index in [4.69, 9.17) is 4.74 Å². The molecule has 0 aliphatic carbocycles. The lowest BCUT2D eigenvalue weighted by Gasteiger charge is -2.31. The highest BCUT2D eigenvalue weighted by Gasteiger charge is 2.30. The molecule has 1 aliphatic rings. The Hall–Kier alpha value is -2.94. The fourth-order valence-electron chi connectivity index (χ4n) is 4.30. The number of hydrogen-bond donors (Lipinski definition) is 2. The van der Waals surface area contributed by atoms with Gasteiger partial charge in [0.1, 0.15) is 12.9 Å². The minimum atomic E-state index is -3.47. The molecule has 0 saturated carbocycles. The van der Waals surface area contributed by atoms with Gasteiger partial charge in [-0.25, -0.2) is 8.42 Å². The number of hydrogen-bond acceptors (Lipinski definition) is 9. The van der Waals surface area contributed by atoms with Gasteiger partial charge in [-0.05, 0) is 50.7 Å². The molecule has 0 radical (unpaired) electrons. The van der Waals surface area contributed by atoms with Crippen LogP contribution in [0.25, 0.3) is 0 Å². The van der Waals surface area contributed by atoms with Crippen LogP contribution in [-0.2, 0) is 14.4 Å². The Morgan fingerprint density at radius 1 is 1.05 bits per heavy atom. The molecule has 198 valence electrons. The second-order valence-electron chi connectivity index (χ2n) is 9.32. The normalized spacial score (nSPS) is 15.9. The zero-order valence-electron chi connectivity index (χ0n) is 21.6. The minimum absolute atomic E-state index is 0.230. The predicted molar refractivity (Wildman–Crippen MR) is 149 cm³/mol. The standard InChI is InChI=1S/C26H34N5O4PS/c1-5-31-12-14-36(32,15-13-31)21-10-11-22(24(17-21)35-4)29-26-16-20(18-27-30-26)28-23-8-6-7-9-25(23)37(33,34)19(2)3/h6-11,16-19H,5,12-15H2,1-4H3,(H2,28,29,30). The minimum Gasteiger partial charge on any atom is -0.495 e. The first kappa shape index (κ1) is 27.1. The largest absolute Gasteiger partial charge is 0.495 e. The van der Waals surface area contributed by atoms with E-state index in [0.29, 0.717) is 41.0 Å². The maximum absolute atomic E-state index is 13.6.